The number of nitrogens with zero attached hydrogens (tertiary/aromatic N) is 1. The quantitative estimate of drug-likeness (QED) is 0.871. The van der Waals surface area contributed by atoms with Crippen LogP contribution in [-0.4, -0.2) is 33.5 Å². The molecule has 1 aromatic carbocycles. The summed E-state index contributed by atoms with van der Waals surface area (Å²) in [6.45, 7) is 0.0128. The zero-order valence-electron chi connectivity index (χ0n) is 13.0. The lowest BCUT2D eigenvalue weighted by Gasteiger charge is -2.25. The minimum absolute atomic E-state index is 0.0128. The fourth-order valence-electron chi connectivity index (χ4n) is 2.99. The van der Waals surface area contributed by atoms with Gasteiger partial charge in [-0.1, -0.05) is 12.1 Å². The molecule has 2 heterocycles. The Kier molecular flexibility index (Phi) is 4.38. The molecule has 1 fully saturated rings. The van der Waals surface area contributed by atoms with Crippen molar-refractivity contribution in [3.8, 4) is 0 Å². The smallest absolute Gasteiger partial charge is 0.391 e. The number of carbonyl (C=O) groups is 1. The third-order valence-corrected chi connectivity index (χ3v) is 4.17. The molecule has 1 aliphatic heterocycles. The van der Waals surface area contributed by atoms with Crippen LogP contribution in [0.2, 0.25) is 0 Å². The van der Waals surface area contributed by atoms with E-state index in [1.54, 1.807) is 0 Å². The molecule has 2 N–H and O–H groups in total. The van der Waals surface area contributed by atoms with E-state index in [0.29, 0.717) is 5.56 Å². The maximum Gasteiger partial charge on any atom is 0.416 e. The highest BCUT2D eigenvalue weighted by molar-refractivity contribution is 5.94. The Bertz CT molecular complexity index is 827. The Labute approximate surface area is 140 Å². The van der Waals surface area contributed by atoms with Crippen LogP contribution in [0.15, 0.2) is 47.4 Å². The van der Waals surface area contributed by atoms with E-state index in [-0.39, 0.29) is 24.1 Å². The second-order valence-electron chi connectivity index (χ2n) is 5.93. The second kappa shape index (κ2) is 6.36. The van der Waals surface area contributed by atoms with Crippen LogP contribution in [0.1, 0.15) is 33.9 Å². The standard InChI is InChI=1S/C17H15F3N2O3/c18-17(19,20)12-3-1-2-10(6-12)14-7-13(23)9-22(14)16(25)11-4-5-15(24)21-8-11/h1-6,8,13-14,23H,7,9H2,(H,21,24)/t13-,14+/m0/s1. The Hall–Kier alpha value is -2.61. The molecule has 25 heavy (non-hydrogen) atoms. The highest BCUT2D eigenvalue weighted by atomic mass is 19.4. The van der Waals surface area contributed by atoms with Crippen LogP contribution in [-0.2, 0) is 6.18 Å². The van der Waals surface area contributed by atoms with E-state index in [0.717, 1.165) is 12.1 Å². The molecule has 1 saturated heterocycles. The van der Waals surface area contributed by atoms with Crippen LogP contribution in [0.3, 0.4) is 0 Å². The summed E-state index contributed by atoms with van der Waals surface area (Å²) in [7, 11) is 0. The number of β-amino-alcohol motifs (C(OH)–C–C–N with tert-alkyl or cyclic N) is 1. The number of aromatic nitrogens is 1. The molecule has 0 aliphatic carbocycles. The molecule has 2 atom stereocenters. The summed E-state index contributed by atoms with van der Waals surface area (Å²) < 4.78 is 38.8. The molecule has 1 aliphatic rings. The number of nitrogens with one attached hydrogen (secondary N) is 1. The summed E-state index contributed by atoms with van der Waals surface area (Å²) in [6, 6.07) is 6.61. The molecule has 3 rings (SSSR count). The zero-order valence-corrected chi connectivity index (χ0v) is 13.0. The van der Waals surface area contributed by atoms with Gasteiger partial charge in [-0.3, -0.25) is 9.59 Å². The van der Waals surface area contributed by atoms with E-state index in [2.05, 4.69) is 4.98 Å². The topological polar surface area (TPSA) is 73.4 Å². The number of pyridine rings is 1. The monoisotopic (exact) mass is 352 g/mol. The first kappa shape index (κ1) is 17.2. The lowest BCUT2D eigenvalue weighted by molar-refractivity contribution is -0.137. The molecule has 0 spiro atoms. The van der Waals surface area contributed by atoms with Gasteiger partial charge in [0.15, 0.2) is 0 Å². The molecule has 2 aromatic rings. The van der Waals surface area contributed by atoms with Gasteiger partial charge >= 0.3 is 6.18 Å². The molecular weight excluding hydrogens is 337 g/mol. The fraction of sp³-hybridized carbons (Fsp3) is 0.294. The van der Waals surface area contributed by atoms with E-state index in [1.807, 2.05) is 0 Å². The van der Waals surface area contributed by atoms with Crippen LogP contribution in [0.5, 0.6) is 0 Å². The number of H-pyrrole nitrogens is 1. The first-order valence-corrected chi connectivity index (χ1v) is 7.60. The molecule has 132 valence electrons. The first-order chi connectivity index (χ1) is 11.8. The van der Waals surface area contributed by atoms with Gasteiger partial charge in [0.05, 0.1) is 23.3 Å². The summed E-state index contributed by atoms with van der Waals surface area (Å²) in [4.78, 5) is 27.5. The molecule has 8 heteroatoms. The van der Waals surface area contributed by atoms with Crippen LogP contribution in [0, 0.1) is 0 Å². The third kappa shape index (κ3) is 3.58. The second-order valence-corrected chi connectivity index (χ2v) is 5.93. The van der Waals surface area contributed by atoms with Crippen molar-refractivity contribution >= 4 is 5.91 Å². The number of benzene rings is 1. The van der Waals surface area contributed by atoms with Gasteiger partial charge in [0.2, 0.25) is 5.56 Å². The predicted octanol–water partition coefficient (Wildman–Crippen LogP) is 2.34. The van der Waals surface area contributed by atoms with Gasteiger partial charge in [-0.2, -0.15) is 13.2 Å². The van der Waals surface area contributed by atoms with Gasteiger partial charge < -0.3 is 15.0 Å². The fourth-order valence-corrected chi connectivity index (χ4v) is 2.99. The normalized spacial score (nSPS) is 20.7. The summed E-state index contributed by atoms with van der Waals surface area (Å²) in [5, 5.41) is 9.93. The number of aromatic amines is 1. The third-order valence-electron chi connectivity index (χ3n) is 4.17. The van der Waals surface area contributed by atoms with E-state index >= 15 is 0 Å². The maximum atomic E-state index is 12.9. The van der Waals surface area contributed by atoms with Crippen molar-refractivity contribution in [1.82, 2.24) is 9.88 Å². The predicted molar refractivity (Wildman–Crippen MR) is 82.9 cm³/mol. The Morgan fingerprint density at radius 1 is 1.24 bits per heavy atom. The van der Waals surface area contributed by atoms with Gasteiger partial charge in [-0.15, -0.1) is 0 Å². The van der Waals surface area contributed by atoms with Crippen molar-refractivity contribution in [2.45, 2.75) is 24.7 Å². The van der Waals surface area contributed by atoms with Crippen molar-refractivity contribution in [2.24, 2.45) is 0 Å². The number of aliphatic hydroxyl groups excluding tert-OH is 1. The van der Waals surface area contributed by atoms with Crippen LogP contribution >= 0.6 is 0 Å². The molecule has 0 bridgehead atoms. The van der Waals surface area contributed by atoms with Crippen LogP contribution in [0.4, 0.5) is 13.2 Å². The van der Waals surface area contributed by atoms with Gasteiger partial charge in [-0.05, 0) is 30.2 Å². The molecular formula is C17H15F3N2O3. The summed E-state index contributed by atoms with van der Waals surface area (Å²) in [5.74, 6) is -0.463. The van der Waals surface area contributed by atoms with Crippen molar-refractivity contribution in [3.63, 3.8) is 0 Å². The number of hydrogen-bond acceptors (Lipinski definition) is 3. The van der Waals surface area contributed by atoms with Crippen molar-refractivity contribution in [1.29, 1.82) is 0 Å². The number of likely N-dealkylation sites (tertiary alicyclic amines) is 1. The minimum atomic E-state index is -4.49. The average molecular weight is 352 g/mol. The highest BCUT2D eigenvalue weighted by Crippen LogP contribution is 2.36. The highest BCUT2D eigenvalue weighted by Gasteiger charge is 2.37. The number of rotatable bonds is 2. The molecule has 1 amide bonds. The Morgan fingerprint density at radius 3 is 2.64 bits per heavy atom. The lowest BCUT2D eigenvalue weighted by atomic mass is 10.0. The minimum Gasteiger partial charge on any atom is -0.391 e. The van der Waals surface area contributed by atoms with Crippen molar-refractivity contribution < 1.29 is 23.1 Å². The number of amides is 1. The lowest BCUT2D eigenvalue weighted by Crippen LogP contribution is -2.32. The van der Waals surface area contributed by atoms with Gasteiger partial charge in [0.1, 0.15) is 0 Å². The van der Waals surface area contributed by atoms with Crippen molar-refractivity contribution in [3.05, 3.63) is 69.6 Å². The first-order valence-electron chi connectivity index (χ1n) is 7.60. The summed E-state index contributed by atoms with van der Waals surface area (Å²) >= 11 is 0. The molecule has 0 radical (unpaired) electrons. The molecule has 1 aromatic heterocycles. The van der Waals surface area contributed by atoms with E-state index in [4.69, 9.17) is 0 Å². The van der Waals surface area contributed by atoms with Crippen LogP contribution in [0.25, 0.3) is 0 Å². The van der Waals surface area contributed by atoms with Crippen LogP contribution < -0.4 is 5.56 Å². The summed E-state index contributed by atoms with van der Waals surface area (Å²) in [6.07, 6.45) is -3.91. The average Bonchev–Trinajstić information content (AvgIpc) is 2.96. The maximum absolute atomic E-state index is 12.9. The summed E-state index contributed by atoms with van der Waals surface area (Å²) in [5.41, 5.74) is -0.662. The SMILES string of the molecule is O=C(c1ccc(=O)[nH]c1)N1C[C@@H](O)C[C@@H]1c1cccc(C(F)(F)F)c1. The Balaban J connectivity index is 1.93. The number of halogens is 3. The van der Waals surface area contributed by atoms with E-state index in [1.165, 1.54) is 35.4 Å². The zero-order chi connectivity index (χ0) is 18.2. The van der Waals surface area contributed by atoms with Gasteiger partial charge in [-0.25, -0.2) is 0 Å². The van der Waals surface area contributed by atoms with E-state index < -0.39 is 29.8 Å². The number of carbonyl (C=O) groups excluding carboxylic acids is 1. The number of hydrogen-bond donors (Lipinski definition) is 2. The Morgan fingerprint density at radius 2 is 2.00 bits per heavy atom. The van der Waals surface area contributed by atoms with Gasteiger partial charge in [0.25, 0.3) is 5.91 Å². The molecule has 0 saturated carbocycles. The molecule has 0 unspecified atom stereocenters. The van der Waals surface area contributed by atoms with Gasteiger partial charge in [0, 0.05) is 18.8 Å². The van der Waals surface area contributed by atoms with E-state index in [9.17, 15) is 27.9 Å². The largest absolute Gasteiger partial charge is 0.416 e. The molecule has 5 nitrogen and oxygen atoms in total. The number of aliphatic hydroxyl groups is 1. The number of alkyl halides is 3. The van der Waals surface area contributed by atoms with Crippen molar-refractivity contribution in [2.75, 3.05) is 6.54 Å².